The van der Waals surface area contributed by atoms with Crippen molar-refractivity contribution in [2.24, 2.45) is 0 Å². The Labute approximate surface area is 158 Å². The highest BCUT2D eigenvalue weighted by atomic mass is 32.1. The summed E-state index contributed by atoms with van der Waals surface area (Å²) in [5, 5.41) is 4.18. The van der Waals surface area contributed by atoms with Crippen LogP contribution in [0.25, 0.3) is 0 Å². The van der Waals surface area contributed by atoms with Gasteiger partial charge >= 0.3 is 0 Å². The highest BCUT2D eigenvalue weighted by Crippen LogP contribution is 2.35. The summed E-state index contributed by atoms with van der Waals surface area (Å²) in [7, 11) is 0. The molecule has 1 aromatic carbocycles. The number of pyridine rings is 1. The maximum Gasteiger partial charge on any atom is 0.223 e. The van der Waals surface area contributed by atoms with Crippen LogP contribution in [0.15, 0.2) is 65.6 Å². The standard InChI is InChI=1S/C22H22N2OS/c25-22(12-20-8-7-19-5-1-2-6-21(19)20)24(15-18-9-11-26-16-18)14-17-4-3-10-23-13-17/h1-6,9-11,13,16,20H,7-8,12,14-15H2. The van der Waals surface area contributed by atoms with Gasteiger partial charge in [0, 0.05) is 31.9 Å². The fourth-order valence-corrected chi connectivity index (χ4v) is 4.40. The third kappa shape index (κ3) is 3.86. The lowest BCUT2D eigenvalue weighted by Crippen LogP contribution is -2.31. The molecule has 0 bridgehead atoms. The van der Waals surface area contributed by atoms with E-state index in [0.717, 1.165) is 18.4 Å². The normalized spacial score (nSPS) is 15.6. The van der Waals surface area contributed by atoms with E-state index in [2.05, 4.69) is 46.1 Å². The number of hydrogen-bond acceptors (Lipinski definition) is 3. The third-order valence-corrected chi connectivity index (χ3v) is 5.81. The first kappa shape index (κ1) is 17.0. The first-order valence-corrected chi connectivity index (χ1v) is 9.99. The summed E-state index contributed by atoms with van der Waals surface area (Å²) in [6.45, 7) is 1.27. The van der Waals surface area contributed by atoms with E-state index in [4.69, 9.17) is 0 Å². The molecule has 4 rings (SSSR count). The second kappa shape index (κ2) is 7.83. The van der Waals surface area contributed by atoms with Gasteiger partial charge < -0.3 is 4.90 Å². The zero-order valence-corrected chi connectivity index (χ0v) is 15.5. The number of carbonyl (C=O) groups excluding carboxylic acids is 1. The molecule has 2 heterocycles. The van der Waals surface area contributed by atoms with E-state index in [0.29, 0.717) is 25.4 Å². The smallest absolute Gasteiger partial charge is 0.223 e. The minimum atomic E-state index is 0.224. The van der Waals surface area contributed by atoms with E-state index in [9.17, 15) is 4.79 Å². The van der Waals surface area contributed by atoms with Gasteiger partial charge in [-0.05, 0) is 63.9 Å². The van der Waals surface area contributed by atoms with E-state index in [1.165, 1.54) is 16.7 Å². The minimum absolute atomic E-state index is 0.224. The fraction of sp³-hybridized carbons (Fsp3) is 0.273. The Hall–Kier alpha value is -2.46. The number of thiophene rings is 1. The molecule has 1 aliphatic carbocycles. The number of aromatic nitrogens is 1. The van der Waals surface area contributed by atoms with Crippen LogP contribution in [0.2, 0.25) is 0 Å². The molecule has 132 valence electrons. The predicted octanol–water partition coefficient (Wildman–Crippen LogP) is 4.79. The molecule has 0 saturated heterocycles. The topological polar surface area (TPSA) is 33.2 Å². The Balaban J connectivity index is 1.50. The third-order valence-electron chi connectivity index (χ3n) is 5.08. The van der Waals surface area contributed by atoms with Crippen LogP contribution in [0.1, 0.15) is 41.0 Å². The first-order chi connectivity index (χ1) is 12.8. The highest BCUT2D eigenvalue weighted by molar-refractivity contribution is 7.07. The molecular weight excluding hydrogens is 340 g/mol. The summed E-state index contributed by atoms with van der Waals surface area (Å²) >= 11 is 1.67. The van der Waals surface area contributed by atoms with Gasteiger partial charge in [0.15, 0.2) is 0 Å². The van der Waals surface area contributed by atoms with Gasteiger partial charge in [0.2, 0.25) is 5.91 Å². The molecule has 1 unspecified atom stereocenters. The Morgan fingerprint density at radius 1 is 1.12 bits per heavy atom. The zero-order chi connectivity index (χ0) is 17.8. The summed E-state index contributed by atoms with van der Waals surface area (Å²) in [5.41, 5.74) is 5.03. The second-order valence-corrected chi connectivity index (χ2v) is 7.66. The van der Waals surface area contributed by atoms with Gasteiger partial charge in [-0.15, -0.1) is 0 Å². The summed E-state index contributed by atoms with van der Waals surface area (Å²) < 4.78 is 0. The largest absolute Gasteiger partial charge is 0.334 e. The molecule has 3 nitrogen and oxygen atoms in total. The Morgan fingerprint density at radius 3 is 2.81 bits per heavy atom. The number of rotatable bonds is 6. The van der Waals surface area contributed by atoms with Crippen LogP contribution in [0.3, 0.4) is 0 Å². The second-order valence-electron chi connectivity index (χ2n) is 6.88. The van der Waals surface area contributed by atoms with Gasteiger partial charge in [0.25, 0.3) is 0 Å². The van der Waals surface area contributed by atoms with E-state index >= 15 is 0 Å². The molecule has 0 spiro atoms. The lowest BCUT2D eigenvalue weighted by atomic mass is 9.97. The number of fused-ring (bicyclic) bond motifs is 1. The number of amides is 1. The van der Waals surface area contributed by atoms with Crippen molar-refractivity contribution in [3.8, 4) is 0 Å². The van der Waals surface area contributed by atoms with Gasteiger partial charge in [0.1, 0.15) is 0 Å². The Bertz CT molecular complexity index is 861. The highest BCUT2D eigenvalue weighted by Gasteiger charge is 2.26. The van der Waals surface area contributed by atoms with Crippen LogP contribution in [0, 0.1) is 0 Å². The average molecular weight is 362 g/mol. The van der Waals surface area contributed by atoms with Gasteiger partial charge in [-0.1, -0.05) is 30.3 Å². The monoisotopic (exact) mass is 362 g/mol. The summed E-state index contributed by atoms with van der Waals surface area (Å²) in [5.74, 6) is 0.569. The Morgan fingerprint density at radius 2 is 2.00 bits per heavy atom. The molecule has 4 heteroatoms. The lowest BCUT2D eigenvalue weighted by molar-refractivity contribution is -0.132. The zero-order valence-electron chi connectivity index (χ0n) is 14.7. The van der Waals surface area contributed by atoms with Crippen LogP contribution in [0.5, 0.6) is 0 Å². The number of carbonyl (C=O) groups is 1. The molecule has 0 saturated carbocycles. The molecule has 0 fully saturated rings. The molecule has 26 heavy (non-hydrogen) atoms. The van der Waals surface area contributed by atoms with E-state index in [1.807, 2.05) is 23.2 Å². The quantitative estimate of drug-likeness (QED) is 0.631. The molecule has 3 aromatic rings. The summed E-state index contributed by atoms with van der Waals surface area (Å²) in [6, 6.07) is 14.6. The number of hydrogen-bond donors (Lipinski definition) is 0. The number of benzene rings is 1. The molecule has 2 aromatic heterocycles. The van der Waals surface area contributed by atoms with Gasteiger partial charge in [-0.2, -0.15) is 11.3 Å². The lowest BCUT2D eigenvalue weighted by Gasteiger charge is -2.24. The molecule has 1 atom stereocenters. The van der Waals surface area contributed by atoms with E-state index in [1.54, 1.807) is 17.5 Å². The predicted molar refractivity (Wildman–Crippen MR) is 105 cm³/mol. The van der Waals surface area contributed by atoms with Crippen molar-refractivity contribution in [3.05, 3.63) is 87.9 Å². The van der Waals surface area contributed by atoms with Crippen LogP contribution in [0.4, 0.5) is 0 Å². The van der Waals surface area contributed by atoms with Crippen LogP contribution >= 0.6 is 11.3 Å². The minimum Gasteiger partial charge on any atom is -0.334 e. The first-order valence-electron chi connectivity index (χ1n) is 9.05. The van der Waals surface area contributed by atoms with Crippen molar-refractivity contribution in [3.63, 3.8) is 0 Å². The number of aryl methyl sites for hydroxylation is 1. The fourth-order valence-electron chi connectivity index (χ4n) is 3.74. The summed E-state index contributed by atoms with van der Waals surface area (Å²) in [4.78, 5) is 19.3. The maximum atomic E-state index is 13.1. The van der Waals surface area contributed by atoms with Crippen molar-refractivity contribution in [1.29, 1.82) is 0 Å². The van der Waals surface area contributed by atoms with Gasteiger partial charge in [-0.25, -0.2) is 0 Å². The molecular formula is C22H22N2OS. The molecule has 0 N–H and O–H groups in total. The number of nitrogens with zero attached hydrogens (tertiary/aromatic N) is 2. The molecule has 1 amide bonds. The molecule has 0 aliphatic heterocycles. The van der Waals surface area contributed by atoms with E-state index in [-0.39, 0.29) is 5.91 Å². The van der Waals surface area contributed by atoms with Gasteiger partial charge in [0.05, 0.1) is 0 Å². The summed E-state index contributed by atoms with van der Waals surface area (Å²) in [6.07, 6.45) is 6.36. The molecule has 1 aliphatic rings. The van der Waals surface area contributed by atoms with E-state index < -0.39 is 0 Å². The van der Waals surface area contributed by atoms with Crippen LogP contribution in [-0.2, 0) is 24.3 Å². The molecule has 0 radical (unpaired) electrons. The van der Waals surface area contributed by atoms with Gasteiger partial charge in [-0.3, -0.25) is 9.78 Å². The van der Waals surface area contributed by atoms with Crippen molar-refractivity contribution in [2.45, 2.75) is 38.3 Å². The SMILES string of the molecule is O=C(CC1CCc2ccccc21)N(Cc1cccnc1)Cc1ccsc1. The van der Waals surface area contributed by atoms with Crippen molar-refractivity contribution in [2.75, 3.05) is 0 Å². The van der Waals surface area contributed by atoms with Crippen LogP contribution < -0.4 is 0 Å². The maximum absolute atomic E-state index is 13.1. The van der Waals surface area contributed by atoms with Crippen molar-refractivity contribution < 1.29 is 4.79 Å². The average Bonchev–Trinajstić information content (AvgIpc) is 3.32. The van der Waals surface area contributed by atoms with Crippen LogP contribution in [-0.4, -0.2) is 15.8 Å². The van der Waals surface area contributed by atoms with Crippen molar-refractivity contribution >= 4 is 17.2 Å². The van der Waals surface area contributed by atoms with Crippen molar-refractivity contribution in [1.82, 2.24) is 9.88 Å². The Kier molecular flexibility index (Phi) is 5.12.